The Balaban J connectivity index is 3.22. The van der Waals surface area contributed by atoms with E-state index < -0.39 is 13.4 Å². The zero-order valence-corrected chi connectivity index (χ0v) is 23.7. The van der Waals surface area contributed by atoms with Crippen molar-refractivity contribution in [3.8, 4) is 17.6 Å². The van der Waals surface area contributed by atoms with Gasteiger partial charge in [0, 0.05) is 12.1 Å². The van der Waals surface area contributed by atoms with Crippen LogP contribution in [-0.4, -0.2) is 41.5 Å². The lowest BCUT2D eigenvalue weighted by atomic mass is 10.1. The molecule has 0 fully saturated rings. The van der Waals surface area contributed by atoms with Crippen LogP contribution in [0.4, 0.5) is 5.69 Å². The second-order valence-corrected chi connectivity index (χ2v) is 10.6. The first-order chi connectivity index (χ1) is 17.3. The Hall–Kier alpha value is -1.98. The summed E-state index contributed by atoms with van der Waals surface area (Å²) >= 11 is 0. The van der Waals surface area contributed by atoms with Gasteiger partial charge in [-0.15, -0.1) is 0 Å². The van der Waals surface area contributed by atoms with E-state index in [0.717, 1.165) is 38.5 Å². The minimum atomic E-state index is -1.53. The quantitative estimate of drug-likeness (QED) is 0.0744. The highest BCUT2D eigenvalue weighted by molar-refractivity contribution is 7.44. The second kappa shape index (κ2) is 18.3. The van der Waals surface area contributed by atoms with Crippen LogP contribution in [-0.2, 0) is 15.7 Å². The van der Waals surface area contributed by atoms with Crippen LogP contribution in [0.2, 0.25) is 0 Å². The summed E-state index contributed by atoms with van der Waals surface area (Å²) < 4.78 is 26.1. The predicted octanol–water partition coefficient (Wildman–Crippen LogP) is 7.53. The molecule has 0 aliphatic carbocycles. The number of nitriles is 1. The average Bonchev–Trinajstić information content (AvgIpc) is 2.82. The first kappa shape index (κ1) is 32.0. The van der Waals surface area contributed by atoms with E-state index in [1.165, 1.54) is 6.07 Å². The molecule has 1 atom stereocenters. The number of unbranched alkanes of at least 4 members (excludes halogenated alkanes) is 4. The first-order valence-corrected chi connectivity index (χ1v) is 14.2. The lowest BCUT2D eigenvalue weighted by Gasteiger charge is -2.35. The summed E-state index contributed by atoms with van der Waals surface area (Å²) in [7, 11) is -1.53. The van der Waals surface area contributed by atoms with Gasteiger partial charge in [-0.1, -0.05) is 39.5 Å². The van der Waals surface area contributed by atoms with Crippen LogP contribution in [0.1, 0.15) is 92.1 Å². The molecule has 1 aromatic carbocycles. The molecule has 0 saturated heterocycles. The molecule has 0 aromatic heterocycles. The molecule has 1 aromatic rings. The van der Waals surface area contributed by atoms with Crippen LogP contribution in [0.5, 0.6) is 11.5 Å². The van der Waals surface area contributed by atoms with E-state index in [2.05, 4.69) is 24.6 Å². The highest BCUT2D eigenvalue weighted by Gasteiger charge is 2.29. The fourth-order valence-electron chi connectivity index (χ4n) is 3.61. The van der Waals surface area contributed by atoms with E-state index >= 15 is 0 Å². The smallest absolute Gasteiger partial charge is 0.278 e. The number of benzene rings is 1. The summed E-state index contributed by atoms with van der Waals surface area (Å²) in [5.41, 5.74) is 0.323. The number of nitro benzene ring substituents is 1. The summed E-state index contributed by atoms with van der Waals surface area (Å²) in [6.07, 6.45) is 6.20. The maximum Gasteiger partial charge on any atom is 0.278 e. The summed E-state index contributed by atoms with van der Waals surface area (Å²) in [4.78, 5) is 11.5. The molecule has 1 unspecified atom stereocenters. The summed E-state index contributed by atoms with van der Waals surface area (Å²) in [5.74, 6) is 0.877. The molecule has 204 valence electrons. The third-order valence-corrected chi connectivity index (χ3v) is 7.40. The molecular weight excluding hydrogens is 481 g/mol. The van der Waals surface area contributed by atoms with Gasteiger partial charge >= 0.3 is 0 Å². The SMILES string of the molecule is CCCCCOc1cc(COP(OCCC#N)N(C(C)C)C(C)C)c([N+](=O)[O-])cc1OCCCCC. The van der Waals surface area contributed by atoms with Crippen molar-refractivity contribution in [2.75, 3.05) is 19.8 Å². The molecule has 9 nitrogen and oxygen atoms in total. The third kappa shape index (κ3) is 11.4. The zero-order chi connectivity index (χ0) is 26.9. The van der Waals surface area contributed by atoms with E-state index in [1.54, 1.807) is 6.07 Å². The van der Waals surface area contributed by atoms with E-state index in [0.29, 0.717) is 30.3 Å². The molecule has 0 saturated carbocycles. The predicted molar refractivity (Wildman–Crippen MR) is 143 cm³/mol. The van der Waals surface area contributed by atoms with Crippen LogP contribution >= 0.6 is 8.53 Å². The molecule has 0 N–H and O–H groups in total. The van der Waals surface area contributed by atoms with Crippen molar-refractivity contribution in [2.45, 2.75) is 105 Å². The van der Waals surface area contributed by atoms with E-state index in [4.69, 9.17) is 23.8 Å². The minimum Gasteiger partial charge on any atom is -0.490 e. The maximum absolute atomic E-state index is 11.9. The third-order valence-electron chi connectivity index (χ3n) is 5.35. The Labute approximate surface area is 218 Å². The van der Waals surface area contributed by atoms with Crippen LogP contribution in [0.3, 0.4) is 0 Å². The molecule has 36 heavy (non-hydrogen) atoms. The molecule has 1 rings (SSSR count). The standard InChI is InChI=1S/C26H44N3O6P/c1-7-9-11-15-32-25-18-23(24(29(30)31)19-26(25)33-16-12-10-8-2)20-35-36(34-17-13-14-27)28(21(3)4)22(5)6/h18-19,21-22H,7-13,15-17,20H2,1-6H3. The van der Waals surface area contributed by atoms with Crippen LogP contribution in [0.25, 0.3) is 0 Å². The summed E-state index contributed by atoms with van der Waals surface area (Å²) in [6, 6.07) is 5.44. The Morgan fingerprint density at radius 1 is 0.944 bits per heavy atom. The van der Waals surface area contributed by atoms with Crippen molar-refractivity contribution in [1.82, 2.24) is 4.67 Å². The molecule has 10 heteroatoms. The van der Waals surface area contributed by atoms with Gasteiger partial charge < -0.3 is 18.5 Å². The number of nitrogens with zero attached hydrogens (tertiary/aromatic N) is 3. The lowest BCUT2D eigenvalue weighted by molar-refractivity contribution is -0.385. The van der Waals surface area contributed by atoms with Gasteiger partial charge in [0.2, 0.25) is 0 Å². The Morgan fingerprint density at radius 2 is 1.50 bits per heavy atom. The molecule has 0 spiro atoms. The van der Waals surface area contributed by atoms with Gasteiger partial charge in [0.15, 0.2) is 11.5 Å². The summed E-state index contributed by atoms with van der Waals surface area (Å²) in [6.45, 7) is 13.6. The number of hydrogen-bond donors (Lipinski definition) is 0. The van der Waals surface area contributed by atoms with Crippen molar-refractivity contribution in [1.29, 1.82) is 5.26 Å². The molecule has 0 aliphatic heterocycles. The van der Waals surface area contributed by atoms with Gasteiger partial charge in [-0.3, -0.25) is 10.1 Å². The van der Waals surface area contributed by atoms with Gasteiger partial charge in [-0.2, -0.15) is 5.26 Å². The molecule has 0 heterocycles. The number of ether oxygens (including phenoxy) is 2. The lowest BCUT2D eigenvalue weighted by Crippen LogP contribution is -2.33. The number of rotatable bonds is 20. The van der Waals surface area contributed by atoms with Gasteiger partial charge in [-0.05, 0) is 46.6 Å². The van der Waals surface area contributed by atoms with Crippen molar-refractivity contribution in [2.24, 2.45) is 0 Å². The van der Waals surface area contributed by atoms with E-state index in [9.17, 15) is 10.1 Å². The van der Waals surface area contributed by atoms with Crippen LogP contribution in [0, 0.1) is 21.4 Å². The van der Waals surface area contributed by atoms with Gasteiger partial charge in [0.25, 0.3) is 14.2 Å². The van der Waals surface area contributed by atoms with Crippen LogP contribution < -0.4 is 9.47 Å². The highest BCUT2D eigenvalue weighted by atomic mass is 31.2. The van der Waals surface area contributed by atoms with Gasteiger partial charge in [-0.25, -0.2) is 4.67 Å². The van der Waals surface area contributed by atoms with Crippen LogP contribution in [0.15, 0.2) is 12.1 Å². The molecule has 0 amide bonds. The monoisotopic (exact) mass is 525 g/mol. The van der Waals surface area contributed by atoms with Crippen molar-refractivity contribution >= 4 is 14.2 Å². The summed E-state index contributed by atoms with van der Waals surface area (Å²) in [5, 5.41) is 20.9. The fourth-order valence-corrected chi connectivity index (χ4v) is 5.20. The minimum absolute atomic E-state index is 0.0219. The highest BCUT2D eigenvalue weighted by Crippen LogP contribution is 2.47. The zero-order valence-electron chi connectivity index (χ0n) is 22.8. The first-order valence-electron chi connectivity index (χ1n) is 13.0. The maximum atomic E-state index is 11.9. The molecule has 0 bridgehead atoms. The molecular formula is C26H44N3O6P. The largest absolute Gasteiger partial charge is 0.490 e. The molecule has 0 radical (unpaired) electrons. The second-order valence-electron chi connectivity index (χ2n) is 9.12. The molecule has 0 aliphatic rings. The fraction of sp³-hybridized carbons (Fsp3) is 0.731. The van der Waals surface area contributed by atoms with Crippen molar-refractivity contribution < 1.29 is 23.4 Å². The number of hydrogen-bond acceptors (Lipinski definition) is 8. The Kier molecular flexibility index (Phi) is 16.3. The Bertz CT molecular complexity index is 808. The normalized spacial score (nSPS) is 12.2. The van der Waals surface area contributed by atoms with Gasteiger partial charge in [0.05, 0.1) is 55.5 Å². The van der Waals surface area contributed by atoms with Gasteiger partial charge in [0.1, 0.15) is 0 Å². The average molecular weight is 526 g/mol. The van der Waals surface area contributed by atoms with Crippen molar-refractivity contribution in [3.63, 3.8) is 0 Å². The number of nitro groups is 1. The topological polar surface area (TPSA) is 107 Å². The Morgan fingerprint density at radius 3 is 1.97 bits per heavy atom. The van der Waals surface area contributed by atoms with E-state index in [-0.39, 0.29) is 37.4 Å². The van der Waals surface area contributed by atoms with Crippen molar-refractivity contribution in [3.05, 3.63) is 27.8 Å². The van der Waals surface area contributed by atoms with E-state index in [1.807, 2.05) is 27.7 Å².